The van der Waals surface area contributed by atoms with Crippen LogP contribution < -0.4 is 11.2 Å². The monoisotopic (exact) mass is 522 g/mol. The fourth-order valence-electron chi connectivity index (χ4n) is 4.46. The molecule has 0 unspecified atom stereocenters. The summed E-state index contributed by atoms with van der Waals surface area (Å²) in [5.74, 6) is -0.382. The normalized spacial score (nSPS) is 21.6. The van der Waals surface area contributed by atoms with Gasteiger partial charge in [-0.1, -0.05) is 70.4 Å². The molecule has 2 rings (SSSR count). The minimum absolute atomic E-state index is 0.224. The van der Waals surface area contributed by atoms with Crippen molar-refractivity contribution in [2.24, 2.45) is 0 Å². The summed E-state index contributed by atoms with van der Waals surface area (Å²) in [6.45, 7) is 3.53. The number of allylic oxidation sites excluding steroid dienone is 2. The van der Waals surface area contributed by atoms with E-state index in [0.29, 0.717) is 0 Å². The molecule has 1 saturated heterocycles. The summed E-state index contributed by atoms with van der Waals surface area (Å²) < 4.78 is 11.8. The number of carbonyl (C=O) groups is 1. The summed E-state index contributed by atoms with van der Waals surface area (Å²) >= 11 is 0. The van der Waals surface area contributed by atoms with Crippen LogP contribution in [0.5, 0.6) is 0 Å². The summed E-state index contributed by atoms with van der Waals surface area (Å²) in [6, 6.07) is 0. The lowest BCUT2D eigenvalue weighted by molar-refractivity contribution is -0.150. The maximum atomic E-state index is 12.1. The number of esters is 1. The number of ether oxygens (including phenoxy) is 2. The first-order chi connectivity index (χ1) is 17.8. The van der Waals surface area contributed by atoms with Crippen LogP contribution in [0, 0.1) is 6.92 Å². The van der Waals surface area contributed by atoms with E-state index in [-0.39, 0.29) is 24.6 Å². The molecule has 9 heteroatoms. The summed E-state index contributed by atoms with van der Waals surface area (Å²) in [6.07, 6.45) is 16.6. The van der Waals surface area contributed by atoms with Crippen LogP contribution in [0.15, 0.2) is 27.9 Å². The lowest BCUT2D eigenvalue weighted by Crippen LogP contribution is -2.38. The molecule has 0 spiro atoms. The first-order valence-electron chi connectivity index (χ1n) is 14.0. The van der Waals surface area contributed by atoms with Gasteiger partial charge in [0.1, 0.15) is 24.9 Å². The predicted octanol–water partition coefficient (Wildman–Crippen LogP) is 4.04. The number of aliphatic hydroxyl groups is 2. The summed E-state index contributed by atoms with van der Waals surface area (Å²) in [5.41, 5.74) is -1.02. The van der Waals surface area contributed by atoms with Gasteiger partial charge in [0.05, 0.1) is 0 Å². The fraction of sp³-hybridized carbons (Fsp3) is 0.750. The molecule has 37 heavy (non-hydrogen) atoms. The van der Waals surface area contributed by atoms with Gasteiger partial charge in [0, 0.05) is 18.2 Å². The van der Waals surface area contributed by atoms with Crippen molar-refractivity contribution in [3.63, 3.8) is 0 Å². The molecule has 4 atom stereocenters. The average Bonchev–Trinajstić information content (AvgIpc) is 3.15. The number of aliphatic hydroxyl groups excluding tert-OH is 2. The molecule has 0 aliphatic carbocycles. The molecule has 9 nitrogen and oxygen atoms in total. The first kappa shape index (κ1) is 31.0. The smallest absolute Gasteiger partial charge is 0.330 e. The van der Waals surface area contributed by atoms with Crippen molar-refractivity contribution in [3.8, 4) is 0 Å². The number of rotatable bonds is 18. The van der Waals surface area contributed by atoms with E-state index in [1.54, 1.807) is 0 Å². The van der Waals surface area contributed by atoms with Crippen molar-refractivity contribution < 1.29 is 24.5 Å². The Kier molecular flexibility index (Phi) is 14.5. The van der Waals surface area contributed by atoms with Crippen LogP contribution in [-0.4, -0.2) is 50.7 Å². The second-order valence-electron chi connectivity index (χ2n) is 10.0. The highest BCUT2D eigenvalue weighted by molar-refractivity contribution is 5.69. The fourth-order valence-corrected chi connectivity index (χ4v) is 4.46. The number of hydrogen-bond donors (Lipinski definition) is 3. The third-order valence-electron chi connectivity index (χ3n) is 6.81. The van der Waals surface area contributed by atoms with Crippen LogP contribution in [0.3, 0.4) is 0 Å². The Labute approximate surface area is 219 Å². The molecular formula is C28H46N2O7. The highest BCUT2D eigenvalue weighted by Gasteiger charge is 2.44. The molecule has 1 aromatic rings. The Morgan fingerprint density at radius 1 is 0.973 bits per heavy atom. The van der Waals surface area contributed by atoms with Gasteiger partial charge >= 0.3 is 11.7 Å². The van der Waals surface area contributed by atoms with Crippen molar-refractivity contribution in [1.82, 2.24) is 9.55 Å². The SMILES string of the molecule is CCCCCC/C=C\CCCCCCCCCC(=O)OC[C@H]1O[C@@H](n2cc(C)c(=O)[nH]c2=O)[C@@H](O)[C@@H]1O. The average molecular weight is 523 g/mol. The third-order valence-corrected chi connectivity index (χ3v) is 6.81. The molecular weight excluding hydrogens is 476 g/mol. The maximum absolute atomic E-state index is 12.1. The molecule has 210 valence electrons. The zero-order chi connectivity index (χ0) is 27.0. The molecule has 0 amide bonds. The first-order valence-corrected chi connectivity index (χ1v) is 14.0. The zero-order valence-corrected chi connectivity index (χ0v) is 22.5. The molecule has 3 N–H and O–H groups in total. The van der Waals surface area contributed by atoms with Crippen molar-refractivity contribution >= 4 is 5.97 Å². The van der Waals surface area contributed by atoms with E-state index < -0.39 is 35.8 Å². The van der Waals surface area contributed by atoms with Gasteiger partial charge in [0.25, 0.3) is 5.56 Å². The Hall–Kier alpha value is -2.23. The van der Waals surface area contributed by atoms with E-state index in [0.717, 1.165) is 30.3 Å². The lowest BCUT2D eigenvalue weighted by Gasteiger charge is -2.17. The Morgan fingerprint density at radius 3 is 2.22 bits per heavy atom. The number of nitrogens with zero attached hydrogens (tertiary/aromatic N) is 1. The van der Waals surface area contributed by atoms with Gasteiger partial charge in [-0.15, -0.1) is 0 Å². The molecule has 2 heterocycles. The number of aryl methyl sites for hydroxylation is 1. The zero-order valence-electron chi connectivity index (χ0n) is 22.5. The lowest BCUT2D eigenvalue weighted by atomic mass is 10.1. The van der Waals surface area contributed by atoms with Crippen LogP contribution in [-0.2, 0) is 14.3 Å². The Morgan fingerprint density at radius 2 is 1.57 bits per heavy atom. The van der Waals surface area contributed by atoms with E-state index in [1.165, 1.54) is 70.9 Å². The quantitative estimate of drug-likeness (QED) is 0.151. The van der Waals surface area contributed by atoms with Gasteiger partial charge in [-0.2, -0.15) is 0 Å². The van der Waals surface area contributed by atoms with Gasteiger partial charge in [0.2, 0.25) is 0 Å². The Bertz CT molecular complexity index is 939. The minimum Gasteiger partial charge on any atom is -0.463 e. The van der Waals surface area contributed by atoms with Crippen LogP contribution in [0.4, 0.5) is 0 Å². The van der Waals surface area contributed by atoms with E-state index in [1.807, 2.05) is 0 Å². The number of carbonyl (C=O) groups excluding carboxylic acids is 1. The van der Waals surface area contributed by atoms with Gasteiger partial charge in [-0.3, -0.25) is 19.1 Å². The van der Waals surface area contributed by atoms with E-state index >= 15 is 0 Å². The summed E-state index contributed by atoms with van der Waals surface area (Å²) in [7, 11) is 0. The van der Waals surface area contributed by atoms with Crippen LogP contribution in [0.1, 0.15) is 109 Å². The van der Waals surface area contributed by atoms with Gasteiger partial charge in [0.15, 0.2) is 6.23 Å². The molecule has 0 bridgehead atoms. The predicted molar refractivity (Wildman–Crippen MR) is 142 cm³/mol. The minimum atomic E-state index is -1.40. The van der Waals surface area contributed by atoms with Crippen molar-refractivity contribution in [2.75, 3.05) is 6.61 Å². The van der Waals surface area contributed by atoms with E-state index in [9.17, 15) is 24.6 Å². The largest absolute Gasteiger partial charge is 0.463 e. The second-order valence-corrected chi connectivity index (χ2v) is 10.0. The number of H-pyrrole nitrogens is 1. The molecule has 1 aliphatic heterocycles. The van der Waals surface area contributed by atoms with Crippen molar-refractivity contribution in [2.45, 2.75) is 128 Å². The van der Waals surface area contributed by atoms with Gasteiger partial charge < -0.3 is 19.7 Å². The molecule has 0 radical (unpaired) electrons. The van der Waals surface area contributed by atoms with Crippen LogP contribution in [0.2, 0.25) is 0 Å². The molecule has 1 fully saturated rings. The highest BCUT2D eigenvalue weighted by atomic mass is 16.6. The molecule has 0 aromatic carbocycles. The van der Waals surface area contributed by atoms with Crippen LogP contribution >= 0.6 is 0 Å². The van der Waals surface area contributed by atoms with Gasteiger partial charge in [-0.05, 0) is 39.0 Å². The number of aromatic nitrogens is 2. The van der Waals surface area contributed by atoms with Crippen molar-refractivity contribution in [1.29, 1.82) is 0 Å². The van der Waals surface area contributed by atoms with Crippen molar-refractivity contribution in [3.05, 3.63) is 44.8 Å². The Balaban J connectivity index is 1.53. The van der Waals surface area contributed by atoms with E-state index in [2.05, 4.69) is 24.1 Å². The second kappa shape index (κ2) is 17.3. The number of aromatic amines is 1. The summed E-state index contributed by atoms with van der Waals surface area (Å²) in [4.78, 5) is 37.9. The number of unbranched alkanes of at least 4 members (excludes halogenated alkanes) is 11. The maximum Gasteiger partial charge on any atom is 0.330 e. The third kappa shape index (κ3) is 11.0. The van der Waals surface area contributed by atoms with E-state index in [4.69, 9.17) is 9.47 Å². The van der Waals surface area contributed by atoms with Crippen LogP contribution in [0.25, 0.3) is 0 Å². The topological polar surface area (TPSA) is 131 Å². The number of hydrogen-bond acceptors (Lipinski definition) is 7. The standard InChI is InChI=1S/C28H46N2O7/c1-3-4-5-6-7-8-9-10-11-12-13-14-15-16-17-18-23(31)36-20-22-24(32)25(33)27(37-22)30-19-21(2)26(34)29-28(30)35/h8-9,19,22,24-25,27,32-33H,3-7,10-18,20H2,1-2H3,(H,29,34,35)/b9-8-/t22-,24-,25+,27-/m1/s1. The molecule has 1 aliphatic rings. The molecule has 0 saturated carbocycles. The highest BCUT2D eigenvalue weighted by Crippen LogP contribution is 2.28. The summed E-state index contributed by atoms with van der Waals surface area (Å²) in [5, 5.41) is 20.6. The molecule has 1 aromatic heterocycles. The van der Waals surface area contributed by atoms with Gasteiger partial charge in [-0.25, -0.2) is 4.79 Å². The number of nitrogens with one attached hydrogen (secondary N) is 1.